The number of hydrogen-bond donors (Lipinski definition) is 1. The van der Waals surface area contributed by atoms with Crippen molar-refractivity contribution < 1.29 is 9.47 Å². The average molecular weight is 306 g/mol. The quantitative estimate of drug-likeness (QED) is 0.850. The van der Waals surface area contributed by atoms with E-state index in [4.69, 9.17) is 21.1 Å². The Labute approximate surface area is 130 Å². The van der Waals surface area contributed by atoms with Crippen molar-refractivity contribution in [2.75, 3.05) is 19.0 Å². The minimum atomic E-state index is 0.0488. The number of ether oxygens (including phenoxy) is 2. The Kier molecular flexibility index (Phi) is 5.34. The molecule has 2 rings (SSSR count). The summed E-state index contributed by atoms with van der Waals surface area (Å²) in [5.74, 6) is 1.56. The summed E-state index contributed by atoms with van der Waals surface area (Å²) in [4.78, 5) is 0. The normalized spacial score (nSPS) is 11.8. The van der Waals surface area contributed by atoms with Crippen LogP contribution in [0.5, 0.6) is 11.5 Å². The molecule has 1 atom stereocenters. The van der Waals surface area contributed by atoms with Gasteiger partial charge in [0.05, 0.1) is 18.7 Å². The van der Waals surface area contributed by atoms with Gasteiger partial charge in [0.2, 0.25) is 0 Å². The van der Waals surface area contributed by atoms with Crippen LogP contribution in [0, 0.1) is 6.92 Å². The highest BCUT2D eigenvalue weighted by Crippen LogP contribution is 2.27. The Morgan fingerprint density at radius 2 is 2.00 bits per heavy atom. The zero-order valence-corrected chi connectivity index (χ0v) is 13.3. The maximum atomic E-state index is 6.10. The summed E-state index contributed by atoms with van der Waals surface area (Å²) in [5, 5.41) is 3.90. The highest BCUT2D eigenvalue weighted by molar-refractivity contribution is 6.32. The third-order valence-electron chi connectivity index (χ3n) is 3.07. The van der Waals surface area contributed by atoms with Crippen LogP contribution < -0.4 is 14.8 Å². The molecule has 1 N–H and O–H groups in total. The second-order valence-corrected chi connectivity index (χ2v) is 5.38. The van der Waals surface area contributed by atoms with Crippen molar-refractivity contribution in [3.8, 4) is 11.5 Å². The first-order valence-corrected chi connectivity index (χ1v) is 7.27. The van der Waals surface area contributed by atoms with E-state index in [2.05, 4.69) is 18.3 Å². The van der Waals surface area contributed by atoms with Crippen LogP contribution in [-0.2, 0) is 0 Å². The van der Waals surface area contributed by atoms with Crippen molar-refractivity contribution in [1.82, 2.24) is 0 Å². The second-order valence-electron chi connectivity index (χ2n) is 4.98. The van der Waals surface area contributed by atoms with Crippen LogP contribution in [0.25, 0.3) is 0 Å². The molecule has 2 aromatic carbocycles. The van der Waals surface area contributed by atoms with Gasteiger partial charge in [0, 0.05) is 5.69 Å². The summed E-state index contributed by atoms with van der Waals surface area (Å²) in [6, 6.07) is 13.7. The van der Waals surface area contributed by atoms with Crippen LogP contribution in [0.3, 0.4) is 0 Å². The molecule has 0 aromatic heterocycles. The monoisotopic (exact) mass is 305 g/mol. The van der Waals surface area contributed by atoms with Gasteiger partial charge < -0.3 is 14.8 Å². The third-order valence-corrected chi connectivity index (χ3v) is 3.37. The number of benzene rings is 2. The minimum absolute atomic E-state index is 0.0488. The van der Waals surface area contributed by atoms with Crippen LogP contribution in [0.15, 0.2) is 42.5 Å². The number of aryl methyl sites for hydroxylation is 1. The maximum Gasteiger partial charge on any atom is 0.137 e. The van der Waals surface area contributed by atoms with E-state index in [-0.39, 0.29) is 6.10 Å². The van der Waals surface area contributed by atoms with Crippen molar-refractivity contribution in [2.45, 2.75) is 20.0 Å². The van der Waals surface area contributed by atoms with Gasteiger partial charge in [-0.15, -0.1) is 0 Å². The molecule has 21 heavy (non-hydrogen) atoms. The van der Waals surface area contributed by atoms with E-state index in [9.17, 15) is 0 Å². The van der Waals surface area contributed by atoms with E-state index >= 15 is 0 Å². The number of nitrogens with one attached hydrogen (secondary N) is 1. The Morgan fingerprint density at radius 3 is 2.67 bits per heavy atom. The molecule has 4 heteroatoms. The van der Waals surface area contributed by atoms with Gasteiger partial charge >= 0.3 is 0 Å². The van der Waals surface area contributed by atoms with E-state index in [1.54, 1.807) is 7.11 Å². The Hall–Kier alpha value is -1.87. The molecule has 0 radical (unpaired) electrons. The summed E-state index contributed by atoms with van der Waals surface area (Å²) >= 11 is 6.10. The second kappa shape index (κ2) is 7.23. The summed E-state index contributed by atoms with van der Waals surface area (Å²) in [6.07, 6.45) is 0.0488. The molecular formula is C17H20ClNO2. The van der Waals surface area contributed by atoms with Gasteiger partial charge in [0.15, 0.2) is 0 Å². The van der Waals surface area contributed by atoms with Crippen molar-refractivity contribution in [3.63, 3.8) is 0 Å². The van der Waals surface area contributed by atoms with Crippen LogP contribution >= 0.6 is 11.6 Å². The lowest BCUT2D eigenvalue weighted by molar-refractivity contribution is 0.234. The molecule has 0 fully saturated rings. The molecule has 0 spiro atoms. The lowest BCUT2D eigenvalue weighted by atomic mass is 10.2. The standard InChI is InChI=1S/C17H20ClNO2/c1-12-5-4-6-15(9-12)21-13(2)11-19-14-7-8-17(20-3)16(18)10-14/h4-10,13,19H,11H2,1-3H3/t13-/m0/s1. The van der Waals surface area contributed by atoms with E-state index in [0.29, 0.717) is 17.3 Å². The van der Waals surface area contributed by atoms with Gasteiger partial charge in [-0.1, -0.05) is 23.7 Å². The lowest BCUT2D eigenvalue weighted by Crippen LogP contribution is -2.22. The van der Waals surface area contributed by atoms with Crippen molar-refractivity contribution in [1.29, 1.82) is 0 Å². The lowest BCUT2D eigenvalue weighted by Gasteiger charge is -2.17. The van der Waals surface area contributed by atoms with Crippen molar-refractivity contribution in [2.24, 2.45) is 0 Å². The van der Waals surface area contributed by atoms with E-state index < -0.39 is 0 Å². The first-order valence-electron chi connectivity index (χ1n) is 6.89. The average Bonchev–Trinajstić information content (AvgIpc) is 2.45. The highest BCUT2D eigenvalue weighted by Gasteiger charge is 2.06. The Balaban J connectivity index is 1.89. The molecule has 0 heterocycles. The molecule has 112 valence electrons. The minimum Gasteiger partial charge on any atom is -0.495 e. The summed E-state index contributed by atoms with van der Waals surface area (Å²) in [6.45, 7) is 4.77. The fourth-order valence-corrected chi connectivity index (χ4v) is 2.26. The molecule has 0 bridgehead atoms. The topological polar surface area (TPSA) is 30.5 Å². The molecule has 0 amide bonds. The zero-order chi connectivity index (χ0) is 15.2. The molecule has 2 aromatic rings. The molecule has 0 aliphatic rings. The number of methoxy groups -OCH3 is 1. The maximum absolute atomic E-state index is 6.10. The molecule has 0 aliphatic heterocycles. The first-order chi connectivity index (χ1) is 10.1. The predicted molar refractivity (Wildman–Crippen MR) is 87.8 cm³/mol. The first kappa shape index (κ1) is 15.5. The highest BCUT2D eigenvalue weighted by atomic mass is 35.5. The van der Waals surface area contributed by atoms with Gasteiger partial charge in [-0.3, -0.25) is 0 Å². The smallest absolute Gasteiger partial charge is 0.137 e. The number of rotatable bonds is 6. The Bertz CT molecular complexity index is 601. The van der Waals surface area contributed by atoms with E-state index in [0.717, 1.165) is 11.4 Å². The zero-order valence-electron chi connectivity index (χ0n) is 12.5. The molecular weight excluding hydrogens is 286 g/mol. The predicted octanol–water partition coefficient (Wildman–Crippen LogP) is 4.54. The fourth-order valence-electron chi connectivity index (χ4n) is 2.00. The van der Waals surface area contributed by atoms with Gasteiger partial charge in [-0.05, 0) is 49.7 Å². The van der Waals surface area contributed by atoms with Crippen LogP contribution in [0.2, 0.25) is 5.02 Å². The number of halogens is 1. The third kappa shape index (κ3) is 4.57. The van der Waals surface area contributed by atoms with Gasteiger partial charge in [-0.25, -0.2) is 0 Å². The molecule has 0 saturated heterocycles. The summed E-state index contributed by atoms with van der Waals surface area (Å²) < 4.78 is 11.0. The largest absolute Gasteiger partial charge is 0.495 e. The molecule has 0 saturated carbocycles. The van der Waals surface area contributed by atoms with E-state index in [1.165, 1.54) is 5.56 Å². The van der Waals surface area contributed by atoms with Crippen LogP contribution in [0.1, 0.15) is 12.5 Å². The Morgan fingerprint density at radius 1 is 1.19 bits per heavy atom. The number of anilines is 1. The SMILES string of the molecule is COc1ccc(NC[C@H](C)Oc2cccc(C)c2)cc1Cl. The molecule has 0 unspecified atom stereocenters. The number of hydrogen-bond acceptors (Lipinski definition) is 3. The van der Waals surface area contributed by atoms with Crippen LogP contribution in [-0.4, -0.2) is 19.8 Å². The fraction of sp³-hybridized carbons (Fsp3) is 0.294. The molecule has 3 nitrogen and oxygen atoms in total. The summed E-state index contributed by atoms with van der Waals surface area (Å²) in [5.41, 5.74) is 2.13. The van der Waals surface area contributed by atoms with E-state index in [1.807, 2.05) is 43.3 Å². The molecule has 0 aliphatic carbocycles. The van der Waals surface area contributed by atoms with Crippen molar-refractivity contribution >= 4 is 17.3 Å². The van der Waals surface area contributed by atoms with Crippen LogP contribution in [0.4, 0.5) is 5.69 Å². The van der Waals surface area contributed by atoms with Crippen molar-refractivity contribution in [3.05, 3.63) is 53.1 Å². The van der Waals surface area contributed by atoms with Gasteiger partial charge in [0.1, 0.15) is 17.6 Å². The summed E-state index contributed by atoms with van der Waals surface area (Å²) in [7, 11) is 1.60. The van der Waals surface area contributed by atoms with Gasteiger partial charge in [-0.2, -0.15) is 0 Å². The van der Waals surface area contributed by atoms with Gasteiger partial charge in [0.25, 0.3) is 0 Å².